The second-order valence-electron chi connectivity index (χ2n) is 6.57. The topological polar surface area (TPSA) is 52.6 Å². The highest BCUT2D eigenvalue weighted by Crippen LogP contribution is 2.36. The van der Waals surface area contributed by atoms with Crippen molar-refractivity contribution in [1.82, 2.24) is 0 Å². The van der Waals surface area contributed by atoms with Crippen LogP contribution in [-0.4, -0.2) is 33.0 Å². The van der Waals surface area contributed by atoms with Gasteiger partial charge in [-0.15, -0.1) is 0 Å². The number of hydrogen-bond acceptors (Lipinski definition) is 4. The van der Waals surface area contributed by atoms with E-state index in [-0.39, 0.29) is 0 Å². The van der Waals surface area contributed by atoms with E-state index in [4.69, 9.17) is 9.31 Å². The van der Waals surface area contributed by atoms with Gasteiger partial charge in [-0.1, -0.05) is 13.0 Å². The summed E-state index contributed by atoms with van der Waals surface area (Å²) in [5, 5.41) is 0. The van der Waals surface area contributed by atoms with Crippen LogP contribution in [0.25, 0.3) is 0 Å². The van der Waals surface area contributed by atoms with Crippen LogP contribution in [0.4, 0.5) is 0 Å². The third-order valence-electron chi connectivity index (χ3n) is 4.43. The van der Waals surface area contributed by atoms with Crippen molar-refractivity contribution >= 4 is 22.4 Å². The molecule has 1 aliphatic rings. The Balaban J connectivity index is 2.43. The molecule has 0 aliphatic carbocycles. The average molecular weight is 310 g/mol. The van der Waals surface area contributed by atoms with Gasteiger partial charge in [0.15, 0.2) is 9.84 Å². The van der Waals surface area contributed by atoms with E-state index in [1.54, 1.807) is 18.2 Å². The molecule has 1 aromatic rings. The Morgan fingerprint density at radius 2 is 1.62 bits per heavy atom. The molecule has 0 bridgehead atoms. The van der Waals surface area contributed by atoms with Gasteiger partial charge < -0.3 is 9.31 Å². The molecule has 0 spiro atoms. The van der Waals surface area contributed by atoms with E-state index in [1.165, 1.54) is 6.26 Å². The van der Waals surface area contributed by atoms with Crippen LogP contribution >= 0.6 is 0 Å². The van der Waals surface area contributed by atoms with Crippen LogP contribution in [0.15, 0.2) is 23.1 Å². The summed E-state index contributed by atoms with van der Waals surface area (Å²) in [6.07, 6.45) is 1.94. The van der Waals surface area contributed by atoms with Gasteiger partial charge in [-0.25, -0.2) is 8.42 Å². The number of hydrogen-bond donors (Lipinski definition) is 0. The number of sulfone groups is 1. The van der Waals surface area contributed by atoms with Gasteiger partial charge in [0.05, 0.1) is 16.1 Å². The molecule has 6 heteroatoms. The maximum Gasteiger partial charge on any atom is 0.495 e. The van der Waals surface area contributed by atoms with Crippen molar-refractivity contribution in [3.63, 3.8) is 0 Å². The highest BCUT2D eigenvalue weighted by molar-refractivity contribution is 7.90. The molecule has 21 heavy (non-hydrogen) atoms. The minimum absolute atomic E-state index is 0.333. The van der Waals surface area contributed by atoms with E-state index in [2.05, 4.69) is 0 Å². The van der Waals surface area contributed by atoms with Crippen molar-refractivity contribution in [1.29, 1.82) is 0 Å². The van der Waals surface area contributed by atoms with E-state index in [0.717, 1.165) is 17.4 Å². The van der Waals surface area contributed by atoms with Gasteiger partial charge in [-0.05, 0) is 57.3 Å². The summed E-state index contributed by atoms with van der Waals surface area (Å²) < 4.78 is 35.4. The van der Waals surface area contributed by atoms with E-state index in [0.29, 0.717) is 4.90 Å². The minimum atomic E-state index is -3.20. The highest BCUT2D eigenvalue weighted by atomic mass is 32.2. The van der Waals surface area contributed by atoms with Crippen molar-refractivity contribution in [2.45, 2.75) is 57.1 Å². The zero-order chi connectivity index (χ0) is 16.1. The van der Waals surface area contributed by atoms with Crippen molar-refractivity contribution in [3.8, 4) is 0 Å². The molecule has 0 N–H and O–H groups in total. The van der Waals surface area contributed by atoms with Gasteiger partial charge in [-0.3, -0.25) is 0 Å². The minimum Gasteiger partial charge on any atom is -0.399 e. The summed E-state index contributed by atoms with van der Waals surface area (Å²) in [7, 11) is -3.66. The molecule has 1 fully saturated rings. The van der Waals surface area contributed by atoms with Gasteiger partial charge in [0.25, 0.3) is 0 Å². The van der Waals surface area contributed by atoms with E-state index in [1.807, 2.05) is 34.6 Å². The lowest BCUT2D eigenvalue weighted by Crippen LogP contribution is -2.41. The molecule has 0 saturated carbocycles. The molecule has 1 aliphatic heterocycles. The molecule has 2 rings (SSSR count). The van der Waals surface area contributed by atoms with Gasteiger partial charge in [0.2, 0.25) is 0 Å². The first kappa shape index (κ1) is 16.5. The lowest BCUT2D eigenvalue weighted by Gasteiger charge is -2.32. The predicted octanol–water partition coefficient (Wildman–Crippen LogP) is 1.95. The van der Waals surface area contributed by atoms with Crippen molar-refractivity contribution < 1.29 is 17.7 Å². The highest BCUT2D eigenvalue weighted by Gasteiger charge is 2.52. The summed E-state index contributed by atoms with van der Waals surface area (Å²) in [5.74, 6) is 0. The molecular weight excluding hydrogens is 287 g/mol. The molecule has 0 radical (unpaired) electrons. The second kappa shape index (κ2) is 5.11. The summed E-state index contributed by atoms with van der Waals surface area (Å²) in [5.41, 5.74) is 1.04. The smallest absolute Gasteiger partial charge is 0.399 e. The van der Waals surface area contributed by atoms with Crippen LogP contribution < -0.4 is 5.46 Å². The van der Waals surface area contributed by atoms with Gasteiger partial charge in [0.1, 0.15) is 0 Å². The Labute approximate surface area is 127 Å². The Bertz CT molecular complexity index is 634. The molecule has 0 unspecified atom stereocenters. The average Bonchev–Trinajstić information content (AvgIpc) is 2.56. The summed E-state index contributed by atoms with van der Waals surface area (Å²) in [6.45, 7) is 10.0. The predicted molar refractivity (Wildman–Crippen MR) is 84.6 cm³/mol. The van der Waals surface area contributed by atoms with Crippen LogP contribution in [0.3, 0.4) is 0 Å². The third kappa shape index (κ3) is 3.03. The Morgan fingerprint density at radius 3 is 2.05 bits per heavy atom. The quantitative estimate of drug-likeness (QED) is 0.801. The van der Waals surface area contributed by atoms with E-state index < -0.39 is 28.2 Å². The maximum atomic E-state index is 11.7. The first-order valence-electron chi connectivity index (χ1n) is 7.16. The Morgan fingerprint density at radius 1 is 1.10 bits per heavy atom. The zero-order valence-corrected chi connectivity index (χ0v) is 14.4. The van der Waals surface area contributed by atoms with Crippen molar-refractivity contribution in [2.75, 3.05) is 6.26 Å². The lowest BCUT2D eigenvalue weighted by molar-refractivity contribution is 0.00578. The number of benzene rings is 1. The molecule has 1 heterocycles. The zero-order valence-electron chi connectivity index (χ0n) is 13.6. The standard InChI is InChI=1S/C15H23BO4S/c1-7-11-10-12(21(6,17)18)8-9-13(11)16-19-14(2,3)15(4,5)20-16/h8-10H,7H2,1-6H3. The fraction of sp³-hybridized carbons (Fsp3) is 0.600. The second-order valence-corrected chi connectivity index (χ2v) is 8.59. The largest absolute Gasteiger partial charge is 0.495 e. The molecule has 1 aromatic carbocycles. The molecule has 4 nitrogen and oxygen atoms in total. The fourth-order valence-electron chi connectivity index (χ4n) is 2.32. The molecule has 0 aromatic heterocycles. The summed E-state index contributed by atoms with van der Waals surface area (Å²) in [6, 6.07) is 5.14. The molecule has 0 atom stereocenters. The summed E-state index contributed by atoms with van der Waals surface area (Å²) in [4.78, 5) is 0.333. The maximum absolute atomic E-state index is 11.7. The molecule has 0 amide bonds. The normalized spacial score (nSPS) is 20.8. The van der Waals surface area contributed by atoms with E-state index >= 15 is 0 Å². The van der Waals surface area contributed by atoms with Gasteiger partial charge >= 0.3 is 7.12 Å². The monoisotopic (exact) mass is 310 g/mol. The third-order valence-corrected chi connectivity index (χ3v) is 5.54. The molecule has 1 saturated heterocycles. The fourth-order valence-corrected chi connectivity index (χ4v) is 2.99. The first-order chi connectivity index (χ1) is 9.48. The van der Waals surface area contributed by atoms with Crippen LogP contribution in [0, 0.1) is 0 Å². The SMILES string of the molecule is CCc1cc(S(C)(=O)=O)ccc1B1OC(C)(C)C(C)(C)O1. The first-order valence-corrected chi connectivity index (χ1v) is 9.05. The number of rotatable bonds is 3. The number of aryl methyl sites for hydroxylation is 1. The van der Waals surface area contributed by atoms with Crippen LogP contribution in [-0.2, 0) is 25.6 Å². The van der Waals surface area contributed by atoms with Crippen LogP contribution in [0.5, 0.6) is 0 Å². The molecule has 116 valence electrons. The van der Waals surface area contributed by atoms with Crippen molar-refractivity contribution in [2.24, 2.45) is 0 Å². The Kier molecular flexibility index (Phi) is 4.02. The molecular formula is C15H23BO4S. The van der Waals surface area contributed by atoms with Gasteiger partial charge in [0, 0.05) is 6.26 Å². The summed E-state index contributed by atoms with van der Waals surface area (Å²) >= 11 is 0. The van der Waals surface area contributed by atoms with Gasteiger partial charge in [-0.2, -0.15) is 0 Å². The van der Waals surface area contributed by atoms with Crippen LogP contribution in [0.2, 0.25) is 0 Å². The van der Waals surface area contributed by atoms with Crippen LogP contribution in [0.1, 0.15) is 40.2 Å². The van der Waals surface area contributed by atoms with E-state index in [9.17, 15) is 8.42 Å². The van der Waals surface area contributed by atoms with Crippen molar-refractivity contribution in [3.05, 3.63) is 23.8 Å². The lowest BCUT2D eigenvalue weighted by atomic mass is 9.75. The Hall–Kier alpha value is -0.845.